The highest BCUT2D eigenvalue weighted by molar-refractivity contribution is 6.02. The highest BCUT2D eigenvalue weighted by atomic mass is 16.7. The smallest absolute Gasteiger partial charge is 0.291 e. The Morgan fingerprint density at radius 2 is 1.81 bits per heavy atom. The summed E-state index contributed by atoms with van der Waals surface area (Å²) in [5, 5.41) is 14.1. The van der Waals surface area contributed by atoms with Gasteiger partial charge in [0.1, 0.15) is 29.6 Å². The standard InChI is InChI=1S/C27H22N2O8/c1-16-3-4-17(2)25(9-16)37-22-11-18(10-19(12-22)29(31)32)28-27(30)24-8-6-21(36-24)14-33-20-5-7-23-26(13-20)35-15-34-23/h3-13H,14-15H2,1-2H3,(H,28,30). The van der Waals surface area contributed by atoms with E-state index >= 15 is 0 Å². The molecule has 1 aromatic heterocycles. The molecule has 0 atom stereocenters. The lowest BCUT2D eigenvalue weighted by Gasteiger charge is -2.11. The summed E-state index contributed by atoms with van der Waals surface area (Å²) >= 11 is 0. The SMILES string of the molecule is Cc1ccc(C)c(Oc2cc(NC(=O)c3ccc(COc4ccc5c(c4)OCO5)o3)cc([N+](=O)[O-])c2)c1. The van der Waals surface area contributed by atoms with Gasteiger partial charge >= 0.3 is 0 Å². The zero-order chi connectivity index (χ0) is 25.9. The van der Waals surface area contributed by atoms with Crippen LogP contribution in [0.4, 0.5) is 11.4 Å². The van der Waals surface area contributed by atoms with E-state index in [-0.39, 0.29) is 36.3 Å². The molecule has 5 rings (SSSR count). The molecule has 10 heteroatoms. The molecular weight excluding hydrogens is 480 g/mol. The predicted octanol–water partition coefficient (Wildman–Crippen LogP) is 6.16. The highest BCUT2D eigenvalue weighted by Gasteiger charge is 2.18. The quantitative estimate of drug-likeness (QED) is 0.225. The third-order valence-electron chi connectivity index (χ3n) is 5.54. The Labute approximate surface area is 211 Å². The van der Waals surface area contributed by atoms with Gasteiger partial charge in [-0.2, -0.15) is 0 Å². The van der Waals surface area contributed by atoms with E-state index in [1.807, 2.05) is 32.0 Å². The molecule has 1 aliphatic rings. The van der Waals surface area contributed by atoms with Gasteiger partial charge in [-0.25, -0.2) is 0 Å². The number of fused-ring (bicyclic) bond motifs is 1. The van der Waals surface area contributed by atoms with Gasteiger partial charge in [-0.1, -0.05) is 12.1 Å². The maximum absolute atomic E-state index is 12.8. The summed E-state index contributed by atoms with van der Waals surface area (Å²) in [6, 6.07) is 18.1. The molecule has 10 nitrogen and oxygen atoms in total. The minimum absolute atomic E-state index is 0.0211. The molecule has 0 unspecified atom stereocenters. The van der Waals surface area contributed by atoms with E-state index in [1.165, 1.54) is 24.3 Å². The van der Waals surface area contributed by atoms with Crippen molar-refractivity contribution in [3.63, 3.8) is 0 Å². The average molecular weight is 502 g/mol. The molecular formula is C27H22N2O8. The normalized spacial score (nSPS) is 11.7. The molecule has 188 valence electrons. The van der Waals surface area contributed by atoms with Gasteiger partial charge in [-0.15, -0.1) is 0 Å². The van der Waals surface area contributed by atoms with Crippen molar-refractivity contribution in [1.29, 1.82) is 0 Å². The van der Waals surface area contributed by atoms with Gasteiger partial charge in [-0.3, -0.25) is 14.9 Å². The number of hydrogen-bond acceptors (Lipinski definition) is 8. The topological polar surface area (TPSA) is 122 Å². The fourth-order valence-electron chi connectivity index (χ4n) is 3.66. The van der Waals surface area contributed by atoms with Gasteiger partial charge in [0.2, 0.25) is 6.79 Å². The molecule has 1 aliphatic heterocycles. The number of nitrogens with zero attached hydrogens (tertiary/aromatic N) is 1. The first-order valence-electron chi connectivity index (χ1n) is 11.3. The van der Waals surface area contributed by atoms with Crippen molar-refractivity contribution in [2.75, 3.05) is 12.1 Å². The number of amides is 1. The Hall–Kier alpha value is -4.99. The fourth-order valence-corrected chi connectivity index (χ4v) is 3.66. The lowest BCUT2D eigenvalue weighted by molar-refractivity contribution is -0.384. The van der Waals surface area contributed by atoms with Crippen molar-refractivity contribution in [2.45, 2.75) is 20.5 Å². The fraction of sp³-hybridized carbons (Fsp3) is 0.148. The van der Waals surface area contributed by atoms with Crippen molar-refractivity contribution in [3.8, 4) is 28.7 Å². The number of carbonyl (C=O) groups excluding carboxylic acids is 1. The molecule has 1 N–H and O–H groups in total. The second kappa shape index (κ2) is 9.94. The van der Waals surface area contributed by atoms with E-state index in [4.69, 9.17) is 23.4 Å². The second-order valence-electron chi connectivity index (χ2n) is 8.37. The van der Waals surface area contributed by atoms with Crippen molar-refractivity contribution in [3.05, 3.63) is 99.5 Å². The van der Waals surface area contributed by atoms with Crippen LogP contribution in [0, 0.1) is 24.0 Å². The Balaban J connectivity index is 1.28. The molecule has 37 heavy (non-hydrogen) atoms. The van der Waals surface area contributed by atoms with Crippen LogP contribution in [0.15, 0.2) is 71.1 Å². The molecule has 0 aliphatic carbocycles. The van der Waals surface area contributed by atoms with E-state index < -0.39 is 10.8 Å². The maximum Gasteiger partial charge on any atom is 0.291 e. The second-order valence-corrected chi connectivity index (χ2v) is 8.37. The van der Waals surface area contributed by atoms with E-state index in [1.54, 1.807) is 24.3 Å². The summed E-state index contributed by atoms with van der Waals surface area (Å²) in [6.45, 7) is 4.04. The monoisotopic (exact) mass is 502 g/mol. The first-order chi connectivity index (χ1) is 17.8. The van der Waals surface area contributed by atoms with Crippen LogP contribution in [-0.2, 0) is 6.61 Å². The van der Waals surface area contributed by atoms with Crippen molar-refractivity contribution >= 4 is 17.3 Å². The summed E-state index contributed by atoms with van der Waals surface area (Å²) in [5.41, 5.74) is 1.81. The molecule has 4 aromatic rings. The number of nitro groups is 1. The van der Waals surface area contributed by atoms with E-state index in [2.05, 4.69) is 5.32 Å². The Morgan fingerprint density at radius 3 is 2.65 bits per heavy atom. The van der Waals surface area contributed by atoms with Crippen LogP contribution in [0.5, 0.6) is 28.7 Å². The number of furan rings is 1. The van der Waals surface area contributed by atoms with E-state index in [9.17, 15) is 14.9 Å². The Bertz CT molecular complexity index is 1490. The van der Waals surface area contributed by atoms with Gasteiger partial charge in [0.25, 0.3) is 11.6 Å². The number of hydrogen-bond donors (Lipinski definition) is 1. The van der Waals surface area contributed by atoms with Crippen LogP contribution in [0.2, 0.25) is 0 Å². The van der Waals surface area contributed by atoms with Crippen molar-refractivity contribution < 1.29 is 33.1 Å². The van der Waals surface area contributed by atoms with Crippen LogP contribution in [0.3, 0.4) is 0 Å². The predicted molar refractivity (Wildman–Crippen MR) is 133 cm³/mol. The number of ether oxygens (including phenoxy) is 4. The van der Waals surface area contributed by atoms with Crippen molar-refractivity contribution in [1.82, 2.24) is 0 Å². The summed E-state index contributed by atoms with van der Waals surface area (Å²) in [6.07, 6.45) is 0. The highest BCUT2D eigenvalue weighted by Crippen LogP contribution is 2.35. The molecule has 0 fully saturated rings. The number of carbonyl (C=O) groups is 1. The molecule has 1 amide bonds. The average Bonchev–Trinajstić information content (AvgIpc) is 3.54. The third-order valence-corrected chi connectivity index (χ3v) is 5.54. The number of anilines is 1. The Kier molecular flexibility index (Phi) is 6.38. The first-order valence-corrected chi connectivity index (χ1v) is 11.3. The van der Waals surface area contributed by atoms with Crippen LogP contribution in [-0.4, -0.2) is 17.6 Å². The Morgan fingerprint density at radius 1 is 0.973 bits per heavy atom. The molecule has 0 bridgehead atoms. The van der Waals surface area contributed by atoms with Gasteiger partial charge in [-0.05, 0) is 55.3 Å². The molecule has 0 spiro atoms. The van der Waals surface area contributed by atoms with Crippen LogP contribution in [0.1, 0.15) is 27.4 Å². The summed E-state index contributed by atoms with van der Waals surface area (Å²) in [5.74, 6) is 2.44. The minimum atomic E-state index is -0.576. The van der Waals surface area contributed by atoms with E-state index in [0.29, 0.717) is 28.8 Å². The molecule has 0 saturated carbocycles. The van der Waals surface area contributed by atoms with Gasteiger partial charge in [0, 0.05) is 18.2 Å². The lowest BCUT2D eigenvalue weighted by Crippen LogP contribution is -2.11. The maximum atomic E-state index is 12.8. The summed E-state index contributed by atoms with van der Waals surface area (Å²) in [4.78, 5) is 23.7. The number of non-ortho nitro benzene ring substituents is 1. The first kappa shape index (κ1) is 23.7. The number of nitrogens with one attached hydrogen (secondary N) is 1. The van der Waals surface area contributed by atoms with E-state index in [0.717, 1.165) is 11.1 Å². The number of rotatable bonds is 8. The third kappa shape index (κ3) is 5.48. The number of benzene rings is 3. The number of nitro benzene ring substituents is 1. The molecule has 3 aromatic carbocycles. The molecule has 0 radical (unpaired) electrons. The minimum Gasteiger partial charge on any atom is -0.486 e. The van der Waals surface area contributed by atoms with Gasteiger partial charge in [0.05, 0.1) is 16.7 Å². The van der Waals surface area contributed by atoms with Gasteiger partial charge in [0.15, 0.2) is 17.3 Å². The zero-order valence-corrected chi connectivity index (χ0v) is 20.0. The van der Waals surface area contributed by atoms with Crippen LogP contribution < -0.4 is 24.3 Å². The lowest BCUT2D eigenvalue weighted by atomic mass is 10.1. The van der Waals surface area contributed by atoms with Gasteiger partial charge < -0.3 is 28.7 Å². The molecule has 0 saturated heterocycles. The summed E-state index contributed by atoms with van der Waals surface area (Å²) < 4.78 is 27.8. The summed E-state index contributed by atoms with van der Waals surface area (Å²) in [7, 11) is 0. The van der Waals surface area contributed by atoms with Crippen LogP contribution >= 0.6 is 0 Å². The molecule has 2 heterocycles. The van der Waals surface area contributed by atoms with Crippen LogP contribution in [0.25, 0.3) is 0 Å². The largest absolute Gasteiger partial charge is 0.486 e. The number of aryl methyl sites for hydroxylation is 2. The van der Waals surface area contributed by atoms with Crippen molar-refractivity contribution in [2.24, 2.45) is 0 Å². The zero-order valence-electron chi connectivity index (χ0n) is 20.0.